The molecule has 0 saturated heterocycles. The van der Waals surface area contributed by atoms with Crippen molar-refractivity contribution < 1.29 is 38.1 Å². The molecular weight excluding hydrogens is 454 g/mol. The molecule has 0 amide bonds. The Labute approximate surface area is 203 Å². The summed E-state index contributed by atoms with van der Waals surface area (Å²) < 4.78 is 33.8. The highest BCUT2D eigenvalue weighted by Crippen LogP contribution is 2.52. The van der Waals surface area contributed by atoms with E-state index in [1.165, 1.54) is 0 Å². The van der Waals surface area contributed by atoms with Crippen LogP contribution >= 0.6 is 0 Å². The van der Waals surface area contributed by atoms with Gasteiger partial charge in [-0.1, -0.05) is 18.5 Å². The van der Waals surface area contributed by atoms with E-state index in [0.717, 1.165) is 35.2 Å². The van der Waals surface area contributed by atoms with Crippen molar-refractivity contribution in [2.24, 2.45) is 17.0 Å². The fraction of sp³-hybridized carbons (Fsp3) is 0.462. The Morgan fingerprint density at radius 3 is 2.40 bits per heavy atom. The van der Waals surface area contributed by atoms with Crippen LogP contribution in [-0.2, 0) is 14.4 Å². The summed E-state index contributed by atoms with van der Waals surface area (Å²) in [6, 6.07) is 7.60. The lowest BCUT2D eigenvalue weighted by molar-refractivity contribution is -0.150. The van der Waals surface area contributed by atoms with Crippen LogP contribution in [0.25, 0.3) is 0 Å². The number of carbonyl (C=O) groups is 1. The van der Waals surface area contributed by atoms with Gasteiger partial charge in [-0.2, -0.15) is 0 Å². The summed E-state index contributed by atoms with van der Waals surface area (Å²) in [4.78, 5) is 19.1. The fourth-order valence-corrected chi connectivity index (χ4v) is 5.10. The third-order valence-electron chi connectivity index (χ3n) is 6.78. The number of carbonyl (C=O) groups excluding carboxylic acids is 1. The summed E-state index contributed by atoms with van der Waals surface area (Å²) in [5.41, 5.74) is 3.29. The van der Waals surface area contributed by atoms with Crippen LogP contribution in [0, 0.1) is 11.8 Å². The van der Waals surface area contributed by atoms with Gasteiger partial charge in [-0.25, -0.2) is 0 Å². The highest BCUT2D eigenvalue weighted by atomic mass is 16.7. The standard InChI is InChI=1S/C26H29NO8/c1-5-6-7-32-26(28)23-17-12-35-27-24(17)16-11-19-18(33-13-34-19)10-15(16)22(23)14-8-20(29-2)25(31-4)21(9-14)30-3/h8-11,17,22-23H,5-7,12-13H2,1-4H3/t17-,22+,23-/m0/s1. The maximum atomic E-state index is 13.6. The summed E-state index contributed by atoms with van der Waals surface area (Å²) in [5, 5.41) is 4.32. The van der Waals surface area contributed by atoms with Gasteiger partial charge in [0.1, 0.15) is 6.61 Å². The molecule has 9 nitrogen and oxygen atoms in total. The van der Waals surface area contributed by atoms with Crippen molar-refractivity contribution in [1.82, 2.24) is 0 Å². The molecule has 35 heavy (non-hydrogen) atoms. The van der Waals surface area contributed by atoms with Gasteiger partial charge in [-0.15, -0.1) is 0 Å². The Balaban J connectivity index is 1.70. The largest absolute Gasteiger partial charge is 0.493 e. The summed E-state index contributed by atoms with van der Waals surface area (Å²) in [5.74, 6) is 1.23. The van der Waals surface area contributed by atoms with Crippen molar-refractivity contribution in [2.45, 2.75) is 25.7 Å². The summed E-state index contributed by atoms with van der Waals surface area (Å²) in [6.45, 7) is 2.85. The number of hydrogen-bond donors (Lipinski definition) is 0. The third kappa shape index (κ3) is 3.88. The number of oxime groups is 1. The summed E-state index contributed by atoms with van der Waals surface area (Å²) in [7, 11) is 4.70. The van der Waals surface area contributed by atoms with Gasteiger partial charge in [-0.05, 0) is 41.8 Å². The van der Waals surface area contributed by atoms with Gasteiger partial charge in [0.2, 0.25) is 12.5 Å². The smallest absolute Gasteiger partial charge is 0.310 e. The molecule has 186 valence electrons. The molecule has 9 heteroatoms. The number of benzene rings is 2. The number of unbranched alkanes of at least 4 members (excludes halogenated alkanes) is 1. The van der Waals surface area contributed by atoms with Crippen LogP contribution in [0.2, 0.25) is 0 Å². The zero-order valence-electron chi connectivity index (χ0n) is 20.3. The minimum atomic E-state index is -0.566. The van der Waals surface area contributed by atoms with Gasteiger partial charge in [0, 0.05) is 11.5 Å². The molecule has 2 aromatic carbocycles. The van der Waals surface area contributed by atoms with E-state index in [-0.39, 0.29) is 25.3 Å². The average molecular weight is 484 g/mol. The van der Waals surface area contributed by atoms with Crippen molar-refractivity contribution in [3.63, 3.8) is 0 Å². The van der Waals surface area contributed by atoms with Crippen LogP contribution in [0.5, 0.6) is 28.7 Å². The number of fused-ring (bicyclic) bond motifs is 4. The topological polar surface area (TPSA) is 94.0 Å². The first-order valence-corrected chi connectivity index (χ1v) is 11.7. The molecule has 0 aromatic heterocycles. The Hall–Kier alpha value is -3.62. The van der Waals surface area contributed by atoms with Crippen molar-refractivity contribution in [3.8, 4) is 28.7 Å². The van der Waals surface area contributed by atoms with Crippen molar-refractivity contribution in [2.75, 3.05) is 41.3 Å². The number of esters is 1. The zero-order chi connectivity index (χ0) is 24.5. The predicted octanol–water partition coefficient (Wildman–Crippen LogP) is 3.90. The van der Waals surface area contributed by atoms with Crippen LogP contribution in [-0.4, -0.2) is 53.0 Å². The second kappa shape index (κ2) is 9.56. The molecule has 2 aromatic rings. The maximum absolute atomic E-state index is 13.6. The number of methoxy groups -OCH3 is 3. The highest BCUT2D eigenvalue weighted by Gasteiger charge is 2.50. The average Bonchev–Trinajstić information content (AvgIpc) is 3.55. The summed E-state index contributed by atoms with van der Waals surface area (Å²) in [6.07, 6.45) is 1.73. The van der Waals surface area contributed by atoms with Gasteiger partial charge < -0.3 is 33.3 Å². The Bertz CT molecular complexity index is 1140. The lowest BCUT2D eigenvalue weighted by Crippen LogP contribution is -2.41. The van der Waals surface area contributed by atoms with E-state index in [1.807, 2.05) is 24.3 Å². The monoisotopic (exact) mass is 483 g/mol. The number of nitrogens with zero attached hydrogens (tertiary/aromatic N) is 1. The first kappa shape index (κ1) is 23.1. The van der Waals surface area contributed by atoms with Gasteiger partial charge in [-0.3, -0.25) is 4.79 Å². The Morgan fingerprint density at radius 1 is 1.03 bits per heavy atom. The molecule has 0 saturated carbocycles. The van der Waals surface area contributed by atoms with Gasteiger partial charge in [0.15, 0.2) is 23.0 Å². The molecule has 0 fully saturated rings. The van der Waals surface area contributed by atoms with Crippen molar-refractivity contribution in [3.05, 3.63) is 41.0 Å². The van der Waals surface area contributed by atoms with E-state index in [9.17, 15) is 4.79 Å². The fourth-order valence-electron chi connectivity index (χ4n) is 5.10. The van der Waals surface area contributed by atoms with E-state index in [2.05, 4.69) is 12.1 Å². The molecular formula is C26H29NO8. The van der Waals surface area contributed by atoms with Gasteiger partial charge in [0.05, 0.1) is 45.5 Å². The molecule has 0 unspecified atom stereocenters. The van der Waals surface area contributed by atoms with Crippen LogP contribution in [0.1, 0.15) is 42.4 Å². The summed E-state index contributed by atoms with van der Waals surface area (Å²) >= 11 is 0. The molecule has 2 aliphatic heterocycles. The molecule has 1 aliphatic carbocycles. The van der Waals surface area contributed by atoms with E-state index in [4.69, 9.17) is 33.3 Å². The SMILES string of the molecule is CCCCOC(=O)[C@@H]1[C@H](c2cc(OC)c(OC)c(OC)c2)c2cc3c(cc2C2=NOC[C@H]21)OCO3. The van der Waals surface area contributed by atoms with Crippen LogP contribution in [0.3, 0.4) is 0 Å². The molecule has 3 aliphatic rings. The minimum Gasteiger partial charge on any atom is -0.493 e. The lowest BCUT2D eigenvalue weighted by Gasteiger charge is -2.36. The molecule has 0 spiro atoms. The van der Waals surface area contributed by atoms with E-state index in [1.54, 1.807) is 21.3 Å². The van der Waals surface area contributed by atoms with Crippen LogP contribution in [0.15, 0.2) is 29.4 Å². The third-order valence-corrected chi connectivity index (χ3v) is 6.78. The normalized spacial score (nSPS) is 21.4. The van der Waals surface area contributed by atoms with E-state index >= 15 is 0 Å². The quantitative estimate of drug-likeness (QED) is 0.412. The molecule has 0 bridgehead atoms. The molecule has 2 heterocycles. The predicted molar refractivity (Wildman–Crippen MR) is 126 cm³/mol. The Morgan fingerprint density at radius 2 is 1.74 bits per heavy atom. The van der Waals surface area contributed by atoms with Crippen molar-refractivity contribution >= 4 is 11.7 Å². The molecule has 0 radical (unpaired) electrons. The second-order valence-electron chi connectivity index (χ2n) is 8.65. The number of ether oxygens (including phenoxy) is 6. The minimum absolute atomic E-state index is 0.141. The molecule has 3 atom stereocenters. The van der Waals surface area contributed by atoms with Gasteiger partial charge in [0.25, 0.3) is 0 Å². The number of rotatable bonds is 8. The zero-order valence-corrected chi connectivity index (χ0v) is 20.3. The maximum Gasteiger partial charge on any atom is 0.310 e. The second-order valence-corrected chi connectivity index (χ2v) is 8.65. The van der Waals surface area contributed by atoms with Gasteiger partial charge >= 0.3 is 5.97 Å². The van der Waals surface area contributed by atoms with Crippen LogP contribution < -0.4 is 23.7 Å². The molecule has 0 N–H and O–H groups in total. The van der Waals surface area contributed by atoms with Crippen molar-refractivity contribution in [1.29, 1.82) is 0 Å². The highest BCUT2D eigenvalue weighted by molar-refractivity contribution is 6.08. The Kier molecular flexibility index (Phi) is 6.32. The first-order chi connectivity index (χ1) is 17.1. The lowest BCUT2D eigenvalue weighted by atomic mass is 9.65. The molecule has 5 rings (SSSR count). The first-order valence-electron chi connectivity index (χ1n) is 11.7. The van der Waals surface area contributed by atoms with E-state index < -0.39 is 11.8 Å². The van der Waals surface area contributed by atoms with E-state index in [0.29, 0.717) is 35.4 Å². The number of hydrogen-bond acceptors (Lipinski definition) is 9. The van der Waals surface area contributed by atoms with Crippen LogP contribution in [0.4, 0.5) is 0 Å².